The second kappa shape index (κ2) is 5.81. The summed E-state index contributed by atoms with van der Waals surface area (Å²) >= 11 is 0. The van der Waals surface area contributed by atoms with E-state index in [0.29, 0.717) is 4.09 Å². The standard InChI is InChI=1S/C15H14N4O3S/c1-12-7-9-14(10-8-12)23(21,22)19-15(20)18(16-17-19)11-13-5-3-2-4-6-13/h2-10H,11H2,1H3. The molecular weight excluding hydrogens is 316 g/mol. The fourth-order valence-electron chi connectivity index (χ4n) is 2.08. The fourth-order valence-corrected chi connectivity index (χ4v) is 3.18. The van der Waals surface area contributed by atoms with Crippen molar-refractivity contribution in [3.63, 3.8) is 0 Å². The van der Waals surface area contributed by atoms with Gasteiger partial charge >= 0.3 is 5.69 Å². The first kappa shape index (κ1) is 15.2. The number of aromatic nitrogens is 4. The topological polar surface area (TPSA) is 86.8 Å². The molecule has 0 aliphatic heterocycles. The predicted octanol–water partition coefficient (Wildman–Crippen LogP) is 1.03. The lowest BCUT2D eigenvalue weighted by Gasteiger charge is -2.02. The second-order valence-corrected chi connectivity index (χ2v) is 6.83. The van der Waals surface area contributed by atoms with Gasteiger partial charge < -0.3 is 0 Å². The maximum atomic E-state index is 12.5. The van der Waals surface area contributed by atoms with Crippen LogP contribution in [0.1, 0.15) is 11.1 Å². The molecule has 0 saturated carbocycles. The van der Waals surface area contributed by atoms with Gasteiger partial charge in [0.1, 0.15) is 0 Å². The molecule has 0 radical (unpaired) electrons. The number of aryl methyl sites for hydroxylation is 1. The fraction of sp³-hybridized carbons (Fsp3) is 0.133. The van der Waals surface area contributed by atoms with Crippen LogP contribution in [-0.2, 0) is 16.6 Å². The van der Waals surface area contributed by atoms with Crippen LogP contribution in [-0.4, -0.2) is 27.6 Å². The zero-order chi connectivity index (χ0) is 16.4. The Hall–Kier alpha value is -2.74. The summed E-state index contributed by atoms with van der Waals surface area (Å²) in [6.45, 7) is 2.00. The quantitative estimate of drug-likeness (QED) is 0.713. The Balaban J connectivity index is 1.98. The first-order chi connectivity index (χ1) is 11.0. The van der Waals surface area contributed by atoms with Crippen LogP contribution < -0.4 is 5.69 Å². The van der Waals surface area contributed by atoms with Crippen molar-refractivity contribution < 1.29 is 8.42 Å². The van der Waals surface area contributed by atoms with Crippen molar-refractivity contribution in [2.24, 2.45) is 0 Å². The van der Waals surface area contributed by atoms with Crippen molar-refractivity contribution in [2.75, 3.05) is 0 Å². The van der Waals surface area contributed by atoms with E-state index in [4.69, 9.17) is 0 Å². The van der Waals surface area contributed by atoms with E-state index < -0.39 is 15.7 Å². The molecule has 0 bridgehead atoms. The molecule has 118 valence electrons. The number of hydrogen-bond donors (Lipinski definition) is 0. The van der Waals surface area contributed by atoms with Crippen molar-refractivity contribution >= 4 is 10.0 Å². The van der Waals surface area contributed by atoms with Crippen LogP contribution in [0.15, 0.2) is 64.3 Å². The van der Waals surface area contributed by atoms with Gasteiger partial charge in [0, 0.05) is 0 Å². The van der Waals surface area contributed by atoms with Crippen LogP contribution in [0.5, 0.6) is 0 Å². The first-order valence-corrected chi connectivity index (χ1v) is 8.31. The van der Waals surface area contributed by atoms with Crippen molar-refractivity contribution in [3.05, 3.63) is 76.2 Å². The summed E-state index contributed by atoms with van der Waals surface area (Å²) < 4.78 is 26.4. The monoisotopic (exact) mass is 330 g/mol. The number of rotatable bonds is 4. The van der Waals surface area contributed by atoms with Gasteiger partial charge in [-0.3, -0.25) is 0 Å². The molecular formula is C15H14N4O3S. The van der Waals surface area contributed by atoms with Gasteiger partial charge in [-0.15, -0.1) is 0 Å². The summed E-state index contributed by atoms with van der Waals surface area (Å²) in [6, 6.07) is 15.3. The Morgan fingerprint density at radius 2 is 1.61 bits per heavy atom. The van der Waals surface area contributed by atoms with Crippen LogP contribution in [0, 0.1) is 6.92 Å². The Labute approximate surface area is 132 Å². The summed E-state index contributed by atoms with van der Waals surface area (Å²) in [5.41, 5.74) is 0.952. The maximum absolute atomic E-state index is 12.5. The molecule has 0 aliphatic carbocycles. The van der Waals surface area contributed by atoms with Gasteiger partial charge in [-0.25, -0.2) is 4.79 Å². The molecule has 0 atom stereocenters. The summed E-state index contributed by atoms with van der Waals surface area (Å²) in [5, 5.41) is 7.17. The van der Waals surface area contributed by atoms with E-state index in [1.54, 1.807) is 12.1 Å². The molecule has 0 unspecified atom stereocenters. The minimum Gasteiger partial charge on any atom is -0.243 e. The molecule has 1 heterocycles. The van der Waals surface area contributed by atoms with E-state index in [1.807, 2.05) is 37.3 Å². The van der Waals surface area contributed by atoms with Gasteiger partial charge in [-0.2, -0.15) is 13.1 Å². The Morgan fingerprint density at radius 3 is 2.26 bits per heavy atom. The summed E-state index contributed by atoms with van der Waals surface area (Å²) in [7, 11) is -4.05. The van der Waals surface area contributed by atoms with Gasteiger partial charge in [0.25, 0.3) is 10.0 Å². The van der Waals surface area contributed by atoms with Crippen molar-refractivity contribution in [3.8, 4) is 0 Å². The largest absolute Gasteiger partial charge is 0.378 e. The van der Waals surface area contributed by atoms with Crippen molar-refractivity contribution in [2.45, 2.75) is 18.4 Å². The Kier molecular flexibility index (Phi) is 3.83. The molecule has 3 rings (SSSR count). The summed E-state index contributed by atoms with van der Waals surface area (Å²) in [6.07, 6.45) is 0. The van der Waals surface area contributed by atoms with Crippen LogP contribution >= 0.6 is 0 Å². The van der Waals surface area contributed by atoms with E-state index in [2.05, 4.69) is 10.4 Å². The van der Waals surface area contributed by atoms with Gasteiger partial charge in [0.2, 0.25) is 0 Å². The smallest absolute Gasteiger partial charge is 0.243 e. The molecule has 7 nitrogen and oxygen atoms in total. The van der Waals surface area contributed by atoms with Gasteiger partial charge in [0.05, 0.1) is 11.4 Å². The first-order valence-electron chi connectivity index (χ1n) is 6.87. The average Bonchev–Trinajstić information content (AvgIpc) is 2.90. The molecule has 0 saturated heterocycles. The van der Waals surface area contributed by atoms with Gasteiger partial charge in [-0.1, -0.05) is 52.1 Å². The highest BCUT2D eigenvalue weighted by atomic mass is 32.2. The Morgan fingerprint density at radius 1 is 0.957 bits per heavy atom. The lowest BCUT2D eigenvalue weighted by atomic mass is 10.2. The van der Waals surface area contributed by atoms with Crippen molar-refractivity contribution in [1.82, 2.24) is 19.2 Å². The molecule has 0 N–H and O–H groups in total. The number of tetrazole rings is 1. The highest BCUT2D eigenvalue weighted by Crippen LogP contribution is 2.11. The molecule has 0 amide bonds. The zero-order valence-electron chi connectivity index (χ0n) is 12.3. The van der Waals surface area contributed by atoms with E-state index in [0.717, 1.165) is 15.8 Å². The summed E-state index contributed by atoms with van der Waals surface area (Å²) in [4.78, 5) is 12.3. The summed E-state index contributed by atoms with van der Waals surface area (Å²) in [5.74, 6) is 0. The molecule has 0 aliphatic rings. The molecule has 1 aromatic heterocycles. The predicted molar refractivity (Wildman–Crippen MR) is 83.6 cm³/mol. The lowest BCUT2D eigenvalue weighted by molar-refractivity contribution is 0.575. The van der Waals surface area contributed by atoms with E-state index in [-0.39, 0.29) is 11.4 Å². The van der Waals surface area contributed by atoms with Crippen LogP contribution in [0.25, 0.3) is 0 Å². The van der Waals surface area contributed by atoms with Gasteiger partial charge in [0.15, 0.2) is 0 Å². The normalized spacial score (nSPS) is 11.5. The maximum Gasteiger partial charge on any atom is 0.378 e. The number of hydrogen-bond acceptors (Lipinski definition) is 5. The lowest BCUT2D eigenvalue weighted by Crippen LogP contribution is -2.30. The molecule has 3 aromatic rings. The molecule has 2 aromatic carbocycles. The molecule has 8 heteroatoms. The third kappa shape index (κ3) is 2.93. The third-order valence-electron chi connectivity index (χ3n) is 3.34. The Bertz CT molecular complexity index is 974. The highest BCUT2D eigenvalue weighted by Gasteiger charge is 2.23. The minimum absolute atomic E-state index is 0.00281. The number of nitrogens with zero attached hydrogens (tertiary/aromatic N) is 4. The van der Waals surface area contributed by atoms with E-state index in [1.165, 1.54) is 12.1 Å². The second-order valence-electron chi connectivity index (χ2n) is 5.07. The van der Waals surface area contributed by atoms with Crippen LogP contribution in [0.3, 0.4) is 0 Å². The zero-order valence-corrected chi connectivity index (χ0v) is 13.1. The van der Waals surface area contributed by atoms with Gasteiger partial charge in [-0.05, 0) is 35.0 Å². The average molecular weight is 330 g/mol. The van der Waals surface area contributed by atoms with Crippen molar-refractivity contribution in [1.29, 1.82) is 0 Å². The van der Waals surface area contributed by atoms with Crippen LogP contribution in [0.4, 0.5) is 0 Å². The molecule has 0 spiro atoms. The minimum atomic E-state index is -4.05. The van der Waals surface area contributed by atoms with E-state index >= 15 is 0 Å². The molecule has 23 heavy (non-hydrogen) atoms. The highest BCUT2D eigenvalue weighted by molar-refractivity contribution is 7.89. The van der Waals surface area contributed by atoms with Crippen LogP contribution in [0.2, 0.25) is 0 Å². The number of benzene rings is 2. The molecule has 0 fully saturated rings. The third-order valence-corrected chi connectivity index (χ3v) is 4.89. The SMILES string of the molecule is Cc1ccc(S(=O)(=O)n2nnn(Cc3ccccc3)c2=O)cc1. The van der Waals surface area contributed by atoms with E-state index in [9.17, 15) is 13.2 Å².